The van der Waals surface area contributed by atoms with E-state index in [1.165, 1.54) is 19.3 Å². The molecule has 0 heterocycles. The van der Waals surface area contributed by atoms with Gasteiger partial charge in [-0.15, -0.1) is 0 Å². The van der Waals surface area contributed by atoms with E-state index in [9.17, 15) is 0 Å². The summed E-state index contributed by atoms with van der Waals surface area (Å²) in [7, 11) is 0. The molecule has 0 saturated carbocycles. The maximum atomic E-state index is 3.47. The minimum absolute atomic E-state index is 0.415. The monoisotopic (exact) mass is 213 g/mol. The Morgan fingerprint density at radius 3 is 1.87 bits per heavy atom. The maximum Gasteiger partial charge on any atom is 0.00103 e. The molecular weight excluding hydrogens is 182 g/mol. The Morgan fingerprint density at radius 2 is 1.47 bits per heavy atom. The smallest absolute Gasteiger partial charge is 0.00103 e. The molecule has 0 bridgehead atoms. The van der Waals surface area contributed by atoms with Crippen molar-refractivity contribution in [3.63, 3.8) is 0 Å². The summed E-state index contributed by atoms with van der Waals surface area (Å²) in [5.41, 5.74) is 0.864. The molecule has 92 valence electrons. The zero-order valence-corrected chi connectivity index (χ0v) is 11.9. The summed E-state index contributed by atoms with van der Waals surface area (Å²) in [5.74, 6) is 0. The topological polar surface area (TPSA) is 12.0 Å². The Hall–Kier alpha value is -0.0400. The first kappa shape index (κ1) is 15.0. The molecule has 0 aliphatic carbocycles. The highest BCUT2D eigenvalue weighted by atomic mass is 14.9. The summed E-state index contributed by atoms with van der Waals surface area (Å²) < 4.78 is 0. The molecule has 0 spiro atoms. The van der Waals surface area contributed by atoms with E-state index in [4.69, 9.17) is 0 Å². The van der Waals surface area contributed by atoms with E-state index >= 15 is 0 Å². The third-order valence-electron chi connectivity index (χ3n) is 3.81. The molecule has 0 aromatic carbocycles. The quantitative estimate of drug-likeness (QED) is 0.651. The molecule has 1 heteroatoms. The van der Waals surface area contributed by atoms with Gasteiger partial charge in [0.2, 0.25) is 0 Å². The van der Waals surface area contributed by atoms with Crippen LogP contribution in [0.4, 0.5) is 0 Å². The van der Waals surface area contributed by atoms with E-state index < -0.39 is 0 Å². The summed E-state index contributed by atoms with van der Waals surface area (Å²) in [6.45, 7) is 17.4. The molecule has 1 N–H and O–H groups in total. The van der Waals surface area contributed by atoms with Crippen LogP contribution < -0.4 is 5.32 Å². The van der Waals surface area contributed by atoms with Gasteiger partial charge in [0.05, 0.1) is 0 Å². The number of rotatable bonds is 6. The highest BCUT2D eigenvalue weighted by molar-refractivity contribution is 4.82. The van der Waals surface area contributed by atoms with Crippen molar-refractivity contribution in [2.24, 2.45) is 10.8 Å². The lowest BCUT2D eigenvalue weighted by molar-refractivity contribution is 0.116. The van der Waals surface area contributed by atoms with Crippen molar-refractivity contribution in [3.8, 4) is 0 Å². The van der Waals surface area contributed by atoms with Crippen LogP contribution in [0, 0.1) is 10.8 Å². The fourth-order valence-electron chi connectivity index (χ4n) is 1.46. The summed E-state index contributed by atoms with van der Waals surface area (Å²) >= 11 is 0. The van der Waals surface area contributed by atoms with E-state index in [1.54, 1.807) is 0 Å². The number of hydrogen-bond donors (Lipinski definition) is 1. The van der Waals surface area contributed by atoms with E-state index in [0.29, 0.717) is 16.9 Å². The van der Waals surface area contributed by atoms with E-state index in [2.05, 4.69) is 53.8 Å². The van der Waals surface area contributed by atoms with Crippen LogP contribution in [0.5, 0.6) is 0 Å². The van der Waals surface area contributed by atoms with Crippen molar-refractivity contribution in [2.75, 3.05) is 6.54 Å². The second-order valence-corrected chi connectivity index (χ2v) is 6.70. The van der Waals surface area contributed by atoms with Gasteiger partial charge in [-0.25, -0.2) is 0 Å². The van der Waals surface area contributed by atoms with Gasteiger partial charge >= 0.3 is 0 Å². The molecule has 0 radical (unpaired) electrons. The number of hydrogen-bond acceptors (Lipinski definition) is 1. The number of nitrogens with one attached hydrogen (secondary N) is 1. The number of unbranched alkanes of at least 4 members (excludes halogenated alkanes) is 1. The molecule has 15 heavy (non-hydrogen) atoms. The highest BCUT2D eigenvalue weighted by Gasteiger charge is 2.31. The minimum Gasteiger partial charge on any atom is -0.315 e. The predicted molar refractivity (Wildman–Crippen MR) is 70.2 cm³/mol. The van der Waals surface area contributed by atoms with Gasteiger partial charge < -0.3 is 5.32 Å². The van der Waals surface area contributed by atoms with Crippen LogP contribution in [0.1, 0.15) is 67.7 Å². The van der Waals surface area contributed by atoms with Gasteiger partial charge in [0, 0.05) is 6.04 Å². The molecule has 0 atom stereocenters. The average molecular weight is 213 g/mol. The van der Waals surface area contributed by atoms with Crippen molar-refractivity contribution in [1.29, 1.82) is 0 Å². The molecule has 1 nitrogen and oxygen atoms in total. The SMILES string of the molecule is CC(C)NCCCCC(C)(C)C(C)(C)C. The van der Waals surface area contributed by atoms with E-state index in [0.717, 1.165) is 6.54 Å². The van der Waals surface area contributed by atoms with Crippen LogP contribution in [0.3, 0.4) is 0 Å². The average Bonchev–Trinajstić information content (AvgIpc) is 2.00. The molecule has 0 aromatic heterocycles. The van der Waals surface area contributed by atoms with Crippen LogP contribution in [-0.2, 0) is 0 Å². The summed E-state index contributed by atoms with van der Waals surface area (Å²) in [4.78, 5) is 0. The fraction of sp³-hybridized carbons (Fsp3) is 1.00. The van der Waals surface area contributed by atoms with Crippen molar-refractivity contribution in [2.45, 2.75) is 73.8 Å². The van der Waals surface area contributed by atoms with Gasteiger partial charge in [-0.05, 0) is 30.2 Å². The van der Waals surface area contributed by atoms with Crippen molar-refractivity contribution in [3.05, 3.63) is 0 Å². The second-order valence-electron chi connectivity index (χ2n) is 6.70. The summed E-state index contributed by atoms with van der Waals surface area (Å²) in [6.07, 6.45) is 3.97. The minimum atomic E-state index is 0.415. The lowest BCUT2D eigenvalue weighted by Gasteiger charge is -2.39. The van der Waals surface area contributed by atoms with Gasteiger partial charge in [-0.1, -0.05) is 54.9 Å². The van der Waals surface area contributed by atoms with Crippen molar-refractivity contribution in [1.82, 2.24) is 5.32 Å². The Labute approximate surface area is 97.0 Å². The Kier molecular flexibility index (Phi) is 5.87. The van der Waals surface area contributed by atoms with Gasteiger partial charge in [0.25, 0.3) is 0 Å². The molecular formula is C14H31N. The van der Waals surface area contributed by atoms with Gasteiger partial charge in [-0.2, -0.15) is 0 Å². The molecule has 0 amide bonds. The predicted octanol–water partition coefficient (Wildman–Crippen LogP) is 4.23. The molecule has 0 aliphatic rings. The van der Waals surface area contributed by atoms with Crippen LogP contribution in [0.2, 0.25) is 0 Å². The zero-order valence-electron chi connectivity index (χ0n) is 11.9. The van der Waals surface area contributed by atoms with Crippen LogP contribution in [-0.4, -0.2) is 12.6 Å². The zero-order chi connectivity index (χ0) is 12.1. The molecule has 0 aromatic rings. The maximum absolute atomic E-state index is 3.47. The van der Waals surface area contributed by atoms with Crippen LogP contribution >= 0.6 is 0 Å². The van der Waals surface area contributed by atoms with Gasteiger partial charge in [-0.3, -0.25) is 0 Å². The van der Waals surface area contributed by atoms with Crippen molar-refractivity contribution >= 4 is 0 Å². The molecule has 0 aliphatic heterocycles. The van der Waals surface area contributed by atoms with Crippen LogP contribution in [0.15, 0.2) is 0 Å². The Balaban J connectivity index is 3.68. The molecule has 0 fully saturated rings. The van der Waals surface area contributed by atoms with Gasteiger partial charge in [0.1, 0.15) is 0 Å². The largest absolute Gasteiger partial charge is 0.315 e. The highest BCUT2D eigenvalue weighted by Crippen LogP contribution is 2.41. The van der Waals surface area contributed by atoms with E-state index in [-0.39, 0.29) is 0 Å². The lowest BCUT2D eigenvalue weighted by atomic mass is 9.67. The summed E-state index contributed by atoms with van der Waals surface area (Å²) in [6, 6.07) is 0.626. The van der Waals surface area contributed by atoms with Gasteiger partial charge in [0.15, 0.2) is 0 Å². The first-order valence-corrected chi connectivity index (χ1v) is 6.40. The standard InChI is InChI=1S/C14H31N/c1-12(2)15-11-9-8-10-14(6,7)13(3,4)5/h12,15H,8-11H2,1-7H3. The Morgan fingerprint density at radius 1 is 0.933 bits per heavy atom. The molecule has 0 unspecified atom stereocenters. The lowest BCUT2D eigenvalue weighted by Crippen LogP contribution is -2.30. The molecule has 0 rings (SSSR count). The van der Waals surface area contributed by atoms with Crippen molar-refractivity contribution < 1.29 is 0 Å². The third kappa shape index (κ3) is 6.19. The first-order valence-electron chi connectivity index (χ1n) is 6.40. The Bertz CT molecular complexity index is 163. The first-order chi connectivity index (χ1) is 6.67. The second kappa shape index (κ2) is 5.89. The normalized spacial score (nSPS) is 13.6. The fourth-order valence-corrected chi connectivity index (χ4v) is 1.46. The van der Waals surface area contributed by atoms with Crippen LogP contribution in [0.25, 0.3) is 0 Å². The third-order valence-corrected chi connectivity index (χ3v) is 3.81. The summed E-state index contributed by atoms with van der Waals surface area (Å²) in [5, 5.41) is 3.47. The van der Waals surface area contributed by atoms with E-state index in [1.807, 2.05) is 0 Å². The molecule has 0 saturated heterocycles.